The molecule has 0 aromatic rings. The number of carbonyl (C=O) groups is 1. The Bertz CT molecular complexity index is 81.4. The summed E-state index contributed by atoms with van der Waals surface area (Å²) in [5, 5.41) is 8.48. The van der Waals surface area contributed by atoms with E-state index >= 15 is 0 Å². The Morgan fingerprint density at radius 1 is 1.88 bits per heavy atom. The molecule has 0 aliphatic rings. The number of aliphatic hydroxyl groups is 1. The second-order valence-corrected chi connectivity index (χ2v) is 1.91. The zero-order chi connectivity index (χ0) is 6.57. The van der Waals surface area contributed by atoms with Crippen LogP contribution in [0.1, 0.15) is 6.92 Å². The highest BCUT2D eigenvalue weighted by atomic mass is 28.2. The molecule has 46 valence electrons. The van der Waals surface area contributed by atoms with Crippen LogP contribution in [0, 0.1) is 0 Å². The molecule has 1 unspecified atom stereocenters. The number of carbonyl (C=O) groups excluding carboxylic acids is 1. The van der Waals surface area contributed by atoms with Crippen LogP contribution >= 0.6 is 0 Å². The summed E-state index contributed by atoms with van der Waals surface area (Å²) in [5.41, 5.74) is 0. The van der Waals surface area contributed by atoms with Gasteiger partial charge in [0.2, 0.25) is 0 Å². The van der Waals surface area contributed by atoms with Gasteiger partial charge in [-0.2, -0.15) is 0 Å². The van der Waals surface area contributed by atoms with E-state index in [1.54, 1.807) is 6.55 Å². The lowest BCUT2D eigenvalue weighted by atomic mass is 10.4. The Hall–Kier alpha value is -0.353. The summed E-state index contributed by atoms with van der Waals surface area (Å²) < 4.78 is 4.44. The molecule has 0 amide bonds. The molecule has 0 aromatic heterocycles. The monoisotopic (exact) mass is 132 g/mol. The lowest BCUT2D eigenvalue weighted by Gasteiger charge is -2.00. The van der Waals surface area contributed by atoms with Crippen molar-refractivity contribution in [1.82, 2.24) is 0 Å². The summed E-state index contributed by atoms with van der Waals surface area (Å²) in [4.78, 5) is 10.3. The molecule has 1 atom stereocenters. The predicted molar refractivity (Wildman–Crippen MR) is 29.4 cm³/mol. The zero-order valence-corrected chi connectivity index (χ0v) is 5.84. The van der Waals surface area contributed by atoms with Crippen molar-refractivity contribution in [2.75, 3.05) is 0 Å². The Labute approximate surface area is 50.6 Å². The van der Waals surface area contributed by atoms with E-state index in [2.05, 4.69) is 4.43 Å². The van der Waals surface area contributed by atoms with Gasteiger partial charge in [-0.1, -0.05) is 0 Å². The van der Waals surface area contributed by atoms with Crippen molar-refractivity contribution in [3.8, 4) is 0 Å². The first-order valence-electron chi connectivity index (χ1n) is 2.24. The van der Waals surface area contributed by atoms with Crippen molar-refractivity contribution >= 4 is 15.7 Å². The van der Waals surface area contributed by atoms with Gasteiger partial charge in [0.05, 0.1) is 0 Å². The maximum absolute atomic E-state index is 10.3. The van der Waals surface area contributed by atoms with Gasteiger partial charge >= 0.3 is 15.7 Å². The molecule has 2 radical (unpaired) electrons. The normalized spacial score (nSPS) is 12.9. The Morgan fingerprint density at radius 2 is 2.38 bits per heavy atom. The summed E-state index contributed by atoms with van der Waals surface area (Å²) in [6, 6.07) is 0. The van der Waals surface area contributed by atoms with E-state index < -0.39 is 12.1 Å². The third-order valence-corrected chi connectivity index (χ3v) is 0.949. The topological polar surface area (TPSA) is 46.5 Å². The molecule has 0 spiro atoms. The van der Waals surface area contributed by atoms with Crippen molar-refractivity contribution < 1.29 is 14.3 Å². The lowest BCUT2D eigenvalue weighted by molar-refractivity contribution is -0.142. The van der Waals surface area contributed by atoms with Crippen molar-refractivity contribution in [1.29, 1.82) is 0 Å². The van der Waals surface area contributed by atoms with Crippen molar-refractivity contribution in [2.24, 2.45) is 0 Å². The van der Waals surface area contributed by atoms with E-state index in [1.807, 2.05) is 0 Å². The quantitative estimate of drug-likeness (QED) is 0.519. The third-order valence-electron chi connectivity index (χ3n) is 0.544. The first-order valence-corrected chi connectivity index (χ1v) is 3.64. The molecule has 0 rings (SSSR count). The van der Waals surface area contributed by atoms with Gasteiger partial charge in [0.25, 0.3) is 0 Å². The fourth-order valence-corrected chi connectivity index (χ4v) is 0.558. The van der Waals surface area contributed by atoms with Crippen LogP contribution in [0.25, 0.3) is 0 Å². The molecule has 0 saturated heterocycles. The average molecular weight is 132 g/mol. The highest BCUT2D eigenvalue weighted by molar-refractivity contribution is 6.28. The van der Waals surface area contributed by atoms with Crippen LogP contribution in [0.15, 0.2) is 0 Å². The summed E-state index contributed by atoms with van der Waals surface area (Å²) in [6.07, 6.45) is -0.984. The molecule has 1 N–H and O–H groups in total. The largest absolute Gasteiger partial charge is 0.515 e. The zero-order valence-electron chi connectivity index (χ0n) is 4.84. The van der Waals surface area contributed by atoms with E-state index in [9.17, 15) is 4.79 Å². The highest BCUT2D eigenvalue weighted by Crippen LogP contribution is 1.82. The summed E-state index contributed by atoms with van der Waals surface area (Å²) in [7, 11) is 0.121. The first kappa shape index (κ1) is 7.65. The molecule has 3 nitrogen and oxygen atoms in total. The standard InChI is InChI=1S/C4H8O3Si/c1-3(5)4(6)7-8-2/h3,5H,1-2H3. The molecule has 0 aliphatic carbocycles. The average Bonchev–Trinajstić information content (AvgIpc) is 1.67. The Morgan fingerprint density at radius 3 is 2.50 bits per heavy atom. The molecule has 0 saturated carbocycles. The molecular weight excluding hydrogens is 124 g/mol. The molecule has 0 aromatic carbocycles. The Kier molecular flexibility index (Phi) is 3.46. The summed E-state index contributed by atoms with van der Waals surface area (Å²) in [6.45, 7) is 3.10. The van der Waals surface area contributed by atoms with Gasteiger partial charge in [-0.05, 0) is 13.5 Å². The van der Waals surface area contributed by atoms with E-state index in [0.29, 0.717) is 0 Å². The van der Waals surface area contributed by atoms with Crippen LogP contribution in [0.4, 0.5) is 0 Å². The summed E-state index contributed by atoms with van der Waals surface area (Å²) >= 11 is 0. The molecule has 4 heteroatoms. The fraction of sp³-hybridized carbons (Fsp3) is 0.750. The van der Waals surface area contributed by atoms with Crippen molar-refractivity contribution in [3.05, 3.63) is 0 Å². The molecule has 0 fully saturated rings. The number of hydrogen-bond donors (Lipinski definition) is 1. The minimum absolute atomic E-state index is 0.121. The molecule has 0 bridgehead atoms. The Balaban J connectivity index is 3.33. The van der Waals surface area contributed by atoms with E-state index in [4.69, 9.17) is 5.11 Å². The van der Waals surface area contributed by atoms with Crippen LogP contribution in [0.5, 0.6) is 0 Å². The van der Waals surface area contributed by atoms with E-state index in [-0.39, 0.29) is 9.76 Å². The maximum atomic E-state index is 10.3. The number of rotatable bonds is 2. The minimum atomic E-state index is -0.984. The first-order chi connectivity index (χ1) is 3.68. The SMILES string of the molecule is C[Si]OC(=O)C(C)O. The molecular formula is C4H8O3Si. The van der Waals surface area contributed by atoms with Gasteiger partial charge in [-0.3, -0.25) is 4.79 Å². The van der Waals surface area contributed by atoms with Crippen LogP contribution in [0.3, 0.4) is 0 Å². The van der Waals surface area contributed by atoms with E-state index in [0.717, 1.165) is 0 Å². The van der Waals surface area contributed by atoms with Gasteiger partial charge < -0.3 is 9.53 Å². The van der Waals surface area contributed by atoms with Gasteiger partial charge in [-0.25, -0.2) is 0 Å². The van der Waals surface area contributed by atoms with E-state index in [1.165, 1.54) is 6.92 Å². The molecule has 8 heavy (non-hydrogen) atoms. The molecule has 0 heterocycles. The van der Waals surface area contributed by atoms with Crippen LogP contribution < -0.4 is 0 Å². The smallest absolute Gasteiger partial charge is 0.321 e. The fourth-order valence-electron chi connectivity index (χ4n) is 0.186. The van der Waals surface area contributed by atoms with Gasteiger partial charge in [0.15, 0.2) is 0 Å². The predicted octanol–water partition coefficient (Wildman–Crippen LogP) is -0.422. The van der Waals surface area contributed by atoms with Gasteiger partial charge in [0.1, 0.15) is 6.10 Å². The van der Waals surface area contributed by atoms with Crippen LogP contribution in [-0.2, 0) is 9.22 Å². The third kappa shape index (κ3) is 2.76. The minimum Gasteiger partial charge on any atom is -0.515 e. The van der Waals surface area contributed by atoms with Gasteiger partial charge in [0, 0.05) is 0 Å². The maximum Gasteiger partial charge on any atom is 0.321 e. The molecule has 0 aliphatic heterocycles. The van der Waals surface area contributed by atoms with Crippen LogP contribution in [0.2, 0.25) is 6.55 Å². The van der Waals surface area contributed by atoms with Crippen LogP contribution in [-0.4, -0.2) is 26.9 Å². The van der Waals surface area contributed by atoms with Gasteiger partial charge in [-0.15, -0.1) is 0 Å². The number of aliphatic hydroxyl groups excluding tert-OH is 1. The van der Waals surface area contributed by atoms with Crippen molar-refractivity contribution in [2.45, 2.75) is 19.6 Å². The van der Waals surface area contributed by atoms with Crippen molar-refractivity contribution in [3.63, 3.8) is 0 Å². The lowest BCUT2D eigenvalue weighted by Crippen LogP contribution is -2.19. The second-order valence-electron chi connectivity index (χ2n) is 1.30. The number of hydrogen-bond acceptors (Lipinski definition) is 3. The summed E-state index contributed by atoms with van der Waals surface area (Å²) in [5.74, 6) is -0.550. The second kappa shape index (κ2) is 3.62. The highest BCUT2D eigenvalue weighted by Gasteiger charge is 2.07.